The third-order valence-corrected chi connectivity index (χ3v) is 5.61. The third kappa shape index (κ3) is 3.93. The van der Waals surface area contributed by atoms with Gasteiger partial charge in [0.05, 0.1) is 41.6 Å². The number of benzene rings is 1. The van der Waals surface area contributed by atoms with Gasteiger partial charge in [-0.2, -0.15) is 0 Å². The molecule has 1 atom stereocenters. The van der Waals surface area contributed by atoms with E-state index in [4.69, 9.17) is 14.2 Å². The summed E-state index contributed by atoms with van der Waals surface area (Å²) in [5.74, 6) is 0.929. The molecule has 28 heavy (non-hydrogen) atoms. The van der Waals surface area contributed by atoms with Gasteiger partial charge in [0.25, 0.3) is 0 Å². The van der Waals surface area contributed by atoms with Crippen molar-refractivity contribution in [1.29, 1.82) is 0 Å². The number of hydrogen-bond acceptors (Lipinski definition) is 7. The molecule has 150 valence electrons. The molecular formula is C20H23BrN2O4S. The van der Waals surface area contributed by atoms with Crippen molar-refractivity contribution in [2.75, 3.05) is 19.8 Å². The lowest BCUT2D eigenvalue weighted by Gasteiger charge is -2.33. The van der Waals surface area contributed by atoms with Crippen molar-refractivity contribution in [2.45, 2.75) is 33.7 Å². The molecule has 1 aromatic carbocycles. The molecule has 0 aromatic heterocycles. The van der Waals surface area contributed by atoms with Crippen LogP contribution in [0.1, 0.15) is 39.3 Å². The van der Waals surface area contributed by atoms with Crippen LogP contribution < -0.4 is 9.47 Å². The Kier molecular flexibility index (Phi) is 6.72. The summed E-state index contributed by atoms with van der Waals surface area (Å²) >= 11 is 5.13. The van der Waals surface area contributed by atoms with Crippen LogP contribution in [-0.2, 0) is 9.53 Å². The van der Waals surface area contributed by atoms with Gasteiger partial charge in [0.15, 0.2) is 16.7 Å². The van der Waals surface area contributed by atoms with Gasteiger partial charge in [0, 0.05) is 6.20 Å². The quantitative estimate of drug-likeness (QED) is 0.526. The second-order valence-corrected chi connectivity index (χ2v) is 7.75. The molecule has 0 fully saturated rings. The topological polar surface area (TPSA) is 60.4 Å². The fraction of sp³-hybridized carbons (Fsp3) is 0.400. The smallest absolute Gasteiger partial charge is 0.338 e. The van der Waals surface area contributed by atoms with Gasteiger partial charge in [0.1, 0.15) is 0 Å². The number of ether oxygens (including phenoxy) is 3. The Labute approximate surface area is 177 Å². The molecule has 0 spiro atoms. The lowest BCUT2D eigenvalue weighted by Crippen LogP contribution is -2.34. The minimum Gasteiger partial charge on any atom is -0.490 e. The highest BCUT2D eigenvalue weighted by molar-refractivity contribution is 9.10. The molecular weight excluding hydrogens is 444 g/mol. The van der Waals surface area contributed by atoms with Crippen molar-refractivity contribution in [1.82, 2.24) is 4.90 Å². The number of rotatable bonds is 7. The first kappa shape index (κ1) is 20.8. The molecule has 0 saturated carbocycles. The van der Waals surface area contributed by atoms with Gasteiger partial charge in [-0.15, -0.1) is 0 Å². The van der Waals surface area contributed by atoms with Crippen LogP contribution in [0.15, 0.2) is 44.5 Å². The van der Waals surface area contributed by atoms with Crippen LogP contribution in [0, 0.1) is 0 Å². The molecule has 0 saturated heterocycles. The Morgan fingerprint density at radius 3 is 2.64 bits per heavy atom. The molecule has 0 bridgehead atoms. The Morgan fingerprint density at radius 1 is 1.21 bits per heavy atom. The van der Waals surface area contributed by atoms with E-state index >= 15 is 0 Å². The highest BCUT2D eigenvalue weighted by Crippen LogP contribution is 2.45. The molecule has 2 aliphatic heterocycles. The number of thioether (sulfide) groups is 1. The van der Waals surface area contributed by atoms with Gasteiger partial charge in [-0.05, 0) is 66.7 Å². The summed E-state index contributed by atoms with van der Waals surface area (Å²) in [6.07, 6.45) is 1.94. The predicted molar refractivity (Wildman–Crippen MR) is 115 cm³/mol. The van der Waals surface area contributed by atoms with E-state index in [1.54, 1.807) is 6.92 Å². The average molecular weight is 467 g/mol. The molecule has 2 aliphatic rings. The first-order valence-corrected chi connectivity index (χ1v) is 10.9. The second kappa shape index (κ2) is 9.05. The van der Waals surface area contributed by atoms with E-state index in [2.05, 4.69) is 20.9 Å². The highest BCUT2D eigenvalue weighted by Gasteiger charge is 2.38. The molecule has 3 rings (SSSR count). The van der Waals surface area contributed by atoms with Crippen LogP contribution in [0.5, 0.6) is 11.5 Å². The van der Waals surface area contributed by atoms with Gasteiger partial charge >= 0.3 is 5.97 Å². The molecule has 0 radical (unpaired) electrons. The number of carbonyl (C=O) groups is 1. The van der Waals surface area contributed by atoms with E-state index in [0.717, 1.165) is 15.2 Å². The Bertz CT molecular complexity index is 866. The van der Waals surface area contributed by atoms with Crippen molar-refractivity contribution < 1.29 is 19.0 Å². The number of hydrogen-bond donors (Lipinski definition) is 0. The van der Waals surface area contributed by atoms with E-state index in [9.17, 15) is 4.79 Å². The fourth-order valence-corrected chi connectivity index (χ4v) is 4.56. The molecule has 6 nitrogen and oxygen atoms in total. The summed E-state index contributed by atoms with van der Waals surface area (Å²) in [5.41, 5.74) is 2.07. The fourth-order valence-electron chi connectivity index (χ4n) is 3.19. The second-order valence-electron chi connectivity index (χ2n) is 6.02. The minimum absolute atomic E-state index is 0.306. The van der Waals surface area contributed by atoms with Gasteiger partial charge in [-0.1, -0.05) is 11.8 Å². The average Bonchev–Trinajstić information content (AvgIpc) is 3.11. The summed E-state index contributed by atoms with van der Waals surface area (Å²) in [4.78, 5) is 19.3. The summed E-state index contributed by atoms with van der Waals surface area (Å²) in [6, 6.07) is 3.53. The maximum absolute atomic E-state index is 12.8. The number of fused-ring (bicyclic) bond motifs is 1. The maximum atomic E-state index is 12.8. The summed E-state index contributed by atoms with van der Waals surface area (Å²) in [5, 5.41) is 2.79. The monoisotopic (exact) mass is 466 g/mol. The van der Waals surface area contributed by atoms with Crippen LogP contribution in [0.4, 0.5) is 0 Å². The van der Waals surface area contributed by atoms with Gasteiger partial charge < -0.3 is 19.1 Å². The lowest BCUT2D eigenvalue weighted by atomic mass is 9.94. The van der Waals surface area contributed by atoms with Crippen molar-refractivity contribution in [3.05, 3.63) is 45.0 Å². The number of amidine groups is 1. The zero-order chi connectivity index (χ0) is 20.3. The van der Waals surface area contributed by atoms with Gasteiger partial charge in [-0.25, -0.2) is 9.79 Å². The van der Waals surface area contributed by atoms with Crippen LogP contribution in [-0.4, -0.2) is 35.9 Å². The summed E-state index contributed by atoms with van der Waals surface area (Å²) < 4.78 is 17.7. The van der Waals surface area contributed by atoms with Crippen LogP contribution in [0.25, 0.3) is 0 Å². The zero-order valence-electron chi connectivity index (χ0n) is 16.3. The van der Waals surface area contributed by atoms with E-state index < -0.39 is 0 Å². The molecule has 8 heteroatoms. The number of esters is 1. The van der Waals surface area contributed by atoms with Gasteiger partial charge in [0.2, 0.25) is 0 Å². The van der Waals surface area contributed by atoms with Crippen LogP contribution in [0.3, 0.4) is 0 Å². The van der Waals surface area contributed by atoms with E-state index in [-0.39, 0.29) is 12.0 Å². The first-order valence-electron chi connectivity index (χ1n) is 9.19. The van der Waals surface area contributed by atoms with Crippen LogP contribution in [0.2, 0.25) is 0 Å². The molecule has 0 amide bonds. The Hall–Kier alpha value is -1.93. The number of carbonyl (C=O) groups excluding carboxylic acids is 1. The normalized spacial score (nSPS) is 18.1. The third-order valence-electron chi connectivity index (χ3n) is 4.25. The number of allylic oxidation sites excluding steroid dienone is 1. The minimum atomic E-state index is -0.360. The molecule has 1 aromatic rings. The van der Waals surface area contributed by atoms with Crippen molar-refractivity contribution in [3.8, 4) is 11.5 Å². The number of aliphatic imine (C=N–C) groups is 1. The first-order chi connectivity index (χ1) is 13.5. The molecule has 0 aliphatic carbocycles. The van der Waals surface area contributed by atoms with E-state index in [0.29, 0.717) is 42.6 Å². The highest BCUT2D eigenvalue weighted by atomic mass is 79.9. The predicted octanol–water partition coefficient (Wildman–Crippen LogP) is 5.01. The van der Waals surface area contributed by atoms with E-state index in [1.807, 2.05) is 49.4 Å². The summed E-state index contributed by atoms with van der Waals surface area (Å²) in [7, 11) is 0. The number of nitrogens with zero attached hydrogens (tertiary/aromatic N) is 2. The van der Waals surface area contributed by atoms with E-state index in [1.165, 1.54) is 11.8 Å². The number of halogens is 1. The maximum Gasteiger partial charge on any atom is 0.338 e. The molecule has 2 heterocycles. The largest absolute Gasteiger partial charge is 0.490 e. The van der Waals surface area contributed by atoms with Crippen molar-refractivity contribution in [2.24, 2.45) is 4.99 Å². The van der Waals surface area contributed by atoms with Crippen LogP contribution >= 0.6 is 27.7 Å². The molecule has 0 unspecified atom stereocenters. The lowest BCUT2D eigenvalue weighted by molar-refractivity contribution is -0.139. The molecule has 0 N–H and O–H groups in total. The summed E-state index contributed by atoms with van der Waals surface area (Å²) in [6.45, 7) is 8.83. The van der Waals surface area contributed by atoms with Crippen molar-refractivity contribution in [3.63, 3.8) is 0 Å². The standard InChI is InChI=1S/C20H23BrN2O4S/c1-5-25-15-11-13(10-14(21)18(15)26-6-2)17-16(19(24)27-7-3)12(4)22-20-23(17)8-9-28-20/h8-11,17H,5-7H2,1-4H3/t17-/m1/s1. The SMILES string of the molecule is CCOC(=O)C1=C(C)N=C2SC=CN2[C@@H]1c1cc(Br)c(OCC)c(OCC)c1. The zero-order valence-corrected chi connectivity index (χ0v) is 18.7. The Balaban J connectivity index is 2.14. The Morgan fingerprint density at radius 2 is 1.96 bits per heavy atom. The van der Waals surface area contributed by atoms with Crippen molar-refractivity contribution >= 4 is 38.8 Å². The van der Waals surface area contributed by atoms with Gasteiger partial charge in [-0.3, -0.25) is 0 Å².